The van der Waals surface area contributed by atoms with Gasteiger partial charge in [0.25, 0.3) is 0 Å². The van der Waals surface area contributed by atoms with Crippen LogP contribution in [0.15, 0.2) is 37.1 Å². The van der Waals surface area contributed by atoms with Crippen LogP contribution in [0.4, 0.5) is 16.3 Å². The Morgan fingerprint density at radius 3 is 3.06 bits per heavy atom. The molecule has 0 radical (unpaired) electrons. The second-order valence-electron chi connectivity index (χ2n) is 3.82. The van der Waals surface area contributed by atoms with E-state index in [1.165, 1.54) is 0 Å². The van der Waals surface area contributed by atoms with Crippen molar-refractivity contribution >= 4 is 17.5 Å². The zero-order valence-corrected chi connectivity index (χ0v) is 10.1. The van der Waals surface area contributed by atoms with Gasteiger partial charge in [-0.3, -0.25) is 10.3 Å². The van der Waals surface area contributed by atoms with Gasteiger partial charge in [-0.2, -0.15) is 0 Å². The first-order chi connectivity index (χ1) is 8.78. The summed E-state index contributed by atoms with van der Waals surface area (Å²) in [7, 11) is 0. The van der Waals surface area contributed by atoms with E-state index < -0.39 is 0 Å². The Morgan fingerprint density at radius 1 is 1.44 bits per heavy atom. The van der Waals surface area contributed by atoms with Crippen LogP contribution in [0.5, 0.6) is 0 Å². The summed E-state index contributed by atoms with van der Waals surface area (Å²) in [6.07, 6.45) is 7.75. The topological polar surface area (TPSA) is 71.8 Å². The summed E-state index contributed by atoms with van der Waals surface area (Å²) in [5.41, 5.74) is 0.642. The van der Waals surface area contributed by atoms with E-state index in [1.54, 1.807) is 37.1 Å². The molecule has 0 spiro atoms. The lowest BCUT2D eigenvalue weighted by atomic mass is 10.4. The van der Waals surface area contributed by atoms with Crippen LogP contribution < -0.4 is 10.6 Å². The number of aromatic nitrogens is 3. The van der Waals surface area contributed by atoms with E-state index in [0.717, 1.165) is 13.0 Å². The van der Waals surface area contributed by atoms with Gasteiger partial charge in [0.05, 0.1) is 18.2 Å². The number of hydrogen-bond acceptors (Lipinski definition) is 3. The third kappa shape index (κ3) is 3.31. The van der Waals surface area contributed by atoms with Gasteiger partial charge in [0, 0.05) is 18.9 Å². The number of aryl methyl sites for hydroxylation is 1. The Kier molecular flexibility index (Phi) is 3.90. The number of nitrogens with zero attached hydrogens (tertiary/aromatic N) is 3. The number of anilines is 2. The molecule has 2 heterocycles. The lowest BCUT2D eigenvalue weighted by Crippen LogP contribution is -2.19. The van der Waals surface area contributed by atoms with E-state index in [2.05, 4.69) is 27.5 Å². The average molecular weight is 245 g/mol. The minimum absolute atomic E-state index is 0.329. The summed E-state index contributed by atoms with van der Waals surface area (Å²) in [5, 5.41) is 5.33. The lowest BCUT2D eigenvalue weighted by molar-refractivity contribution is 0.262. The fourth-order valence-electron chi connectivity index (χ4n) is 1.52. The maximum absolute atomic E-state index is 11.6. The molecular formula is C12H15N5O. The van der Waals surface area contributed by atoms with E-state index in [4.69, 9.17) is 0 Å². The molecule has 6 nitrogen and oxygen atoms in total. The number of carbonyl (C=O) groups excluding carboxylic acids is 1. The van der Waals surface area contributed by atoms with Crippen LogP contribution >= 0.6 is 0 Å². The minimum Gasteiger partial charge on any atom is -0.335 e. The van der Waals surface area contributed by atoms with Crippen molar-refractivity contribution in [3.8, 4) is 0 Å². The molecule has 2 aromatic rings. The normalized spacial score (nSPS) is 10.1. The van der Waals surface area contributed by atoms with Gasteiger partial charge in [-0.05, 0) is 18.6 Å². The summed E-state index contributed by atoms with van der Waals surface area (Å²) in [6, 6.07) is 3.19. The third-order valence-corrected chi connectivity index (χ3v) is 2.28. The molecule has 0 atom stereocenters. The maximum atomic E-state index is 11.6. The molecule has 18 heavy (non-hydrogen) atoms. The second-order valence-corrected chi connectivity index (χ2v) is 3.82. The van der Waals surface area contributed by atoms with E-state index >= 15 is 0 Å². The van der Waals surface area contributed by atoms with Crippen molar-refractivity contribution in [2.75, 3.05) is 10.6 Å². The lowest BCUT2D eigenvalue weighted by Gasteiger charge is -2.04. The van der Waals surface area contributed by atoms with Crippen LogP contribution in [0.1, 0.15) is 13.3 Å². The Morgan fingerprint density at radius 2 is 2.33 bits per heavy atom. The van der Waals surface area contributed by atoms with Crippen LogP contribution in [0.25, 0.3) is 0 Å². The molecule has 94 valence electrons. The van der Waals surface area contributed by atoms with E-state index in [0.29, 0.717) is 11.5 Å². The van der Waals surface area contributed by atoms with Crippen molar-refractivity contribution in [1.29, 1.82) is 0 Å². The SMILES string of the molecule is CCCn1cnc(NC(=O)Nc2cccnc2)c1. The maximum Gasteiger partial charge on any atom is 0.324 e. The highest BCUT2D eigenvalue weighted by Gasteiger charge is 2.04. The summed E-state index contributed by atoms with van der Waals surface area (Å²) in [6.45, 7) is 2.97. The zero-order chi connectivity index (χ0) is 12.8. The second kappa shape index (κ2) is 5.81. The standard InChI is InChI=1S/C12H15N5O/c1-2-6-17-8-11(14-9-17)16-12(18)15-10-4-3-5-13-7-10/h3-5,7-9H,2,6H2,1H3,(H2,15,16,18). The first-order valence-corrected chi connectivity index (χ1v) is 5.77. The van der Waals surface area contributed by atoms with Crippen LogP contribution in [0.3, 0.4) is 0 Å². The van der Waals surface area contributed by atoms with Crippen molar-refractivity contribution < 1.29 is 4.79 Å². The molecule has 0 fully saturated rings. The molecule has 0 aliphatic heterocycles. The number of pyridine rings is 1. The zero-order valence-electron chi connectivity index (χ0n) is 10.1. The first-order valence-electron chi connectivity index (χ1n) is 5.77. The summed E-state index contributed by atoms with van der Waals surface area (Å²) in [5.74, 6) is 0.532. The van der Waals surface area contributed by atoms with Crippen LogP contribution in [-0.4, -0.2) is 20.6 Å². The first kappa shape index (κ1) is 12.1. The van der Waals surface area contributed by atoms with Gasteiger partial charge in [0.15, 0.2) is 5.82 Å². The quantitative estimate of drug-likeness (QED) is 0.868. The number of nitrogens with one attached hydrogen (secondary N) is 2. The van der Waals surface area contributed by atoms with Gasteiger partial charge < -0.3 is 9.88 Å². The van der Waals surface area contributed by atoms with Gasteiger partial charge in [-0.1, -0.05) is 6.92 Å². The highest BCUT2D eigenvalue weighted by atomic mass is 16.2. The Bertz CT molecular complexity index is 508. The van der Waals surface area contributed by atoms with Gasteiger partial charge >= 0.3 is 6.03 Å². The number of amides is 2. The largest absolute Gasteiger partial charge is 0.335 e. The van der Waals surface area contributed by atoms with Crippen LogP contribution in [0.2, 0.25) is 0 Å². The van der Waals surface area contributed by atoms with E-state index in [1.807, 2.05) is 4.57 Å². The summed E-state index contributed by atoms with van der Waals surface area (Å²) in [4.78, 5) is 19.7. The van der Waals surface area contributed by atoms with Crippen molar-refractivity contribution in [2.24, 2.45) is 0 Å². The van der Waals surface area contributed by atoms with Crippen molar-refractivity contribution in [1.82, 2.24) is 14.5 Å². The number of carbonyl (C=O) groups is 1. The molecule has 0 bridgehead atoms. The van der Waals surface area contributed by atoms with Crippen molar-refractivity contribution in [3.63, 3.8) is 0 Å². The van der Waals surface area contributed by atoms with Crippen molar-refractivity contribution in [2.45, 2.75) is 19.9 Å². The Balaban J connectivity index is 1.90. The summed E-state index contributed by atoms with van der Waals surface area (Å²) < 4.78 is 1.93. The third-order valence-electron chi connectivity index (χ3n) is 2.28. The molecule has 2 aromatic heterocycles. The molecule has 0 saturated heterocycles. The highest BCUT2D eigenvalue weighted by molar-refractivity contribution is 5.98. The van der Waals surface area contributed by atoms with Crippen molar-refractivity contribution in [3.05, 3.63) is 37.1 Å². The van der Waals surface area contributed by atoms with E-state index in [9.17, 15) is 4.79 Å². The molecule has 0 saturated carbocycles. The highest BCUT2D eigenvalue weighted by Crippen LogP contribution is 2.06. The summed E-state index contributed by atoms with van der Waals surface area (Å²) >= 11 is 0. The molecule has 0 aliphatic carbocycles. The Labute approximate surface area is 105 Å². The number of urea groups is 1. The van der Waals surface area contributed by atoms with Crippen LogP contribution in [0, 0.1) is 0 Å². The van der Waals surface area contributed by atoms with E-state index in [-0.39, 0.29) is 6.03 Å². The molecule has 2 N–H and O–H groups in total. The van der Waals surface area contributed by atoms with Gasteiger partial charge in [-0.15, -0.1) is 0 Å². The monoisotopic (exact) mass is 245 g/mol. The van der Waals surface area contributed by atoms with Crippen LogP contribution in [-0.2, 0) is 6.54 Å². The molecule has 0 aromatic carbocycles. The average Bonchev–Trinajstić information content (AvgIpc) is 2.78. The Hall–Kier alpha value is -2.37. The fraction of sp³-hybridized carbons (Fsp3) is 0.250. The fourth-order valence-corrected chi connectivity index (χ4v) is 1.52. The van der Waals surface area contributed by atoms with Gasteiger partial charge in [-0.25, -0.2) is 9.78 Å². The number of imidazole rings is 1. The molecule has 6 heteroatoms. The van der Waals surface area contributed by atoms with Gasteiger partial charge in [0.2, 0.25) is 0 Å². The predicted molar refractivity (Wildman–Crippen MR) is 69.4 cm³/mol. The molecule has 0 unspecified atom stereocenters. The number of rotatable bonds is 4. The molecule has 0 aliphatic rings. The molecule has 2 rings (SSSR count). The minimum atomic E-state index is -0.329. The molecule has 2 amide bonds. The predicted octanol–water partition coefficient (Wildman–Crippen LogP) is 2.33. The number of hydrogen-bond donors (Lipinski definition) is 2. The molecular weight excluding hydrogens is 230 g/mol. The smallest absolute Gasteiger partial charge is 0.324 e. The van der Waals surface area contributed by atoms with Gasteiger partial charge in [0.1, 0.15) is 0 Å².